The van der Waals surface area contributed by atoms with Crippen LogP contribution in [0.2, 0.25) is 0 Å². The third-order valence-corrected chi connectivity index (χ3v) is 6.29. The summed E-state index contributed by atoms with van der Waals surface area (Å²) in [5, 5.41) is 13.1. The maximum Gasteiger partial charge on any atom is 0.267 e. The van der Waals surface area contributed by atoms with Crippen molar-refractivity contribution in [2.45, 2.75) is 4.90 Å². The second kappa shape index (κ2) is 8.36. The lowest BCUT2D eigenvalue weighted by atomic mass is 9.98. The van der Waals surface area contributed by atoms with Gasteiger partial charge in [0.2, 0.25) is 5.13 Å². The van der Waals surface area contributed by atoms with E-state index >= 15 is 0 Å². The summed E-state index contributed by atoms with van der Waals surface area (Å²) in [5.41, 5.74) is 1.56. The van der Waals surface area contributed by atoms with Crippen molar-refractivity contribution in [1.82, 2.24) is 14.7 Å². The van der Waals surface area contributed by atoms with Gasteiger partial charge in [-0.2, -0.15) is 9.64 Å². The molecule has 0 aliphatic carbocycles. The van der Waals surface area contributed by atoms with Gasteiger partial charge in [-0.3, -0.25) is 4.72 Å². The second-order valence-electron chi connectivity index (χ2n) is 6.13. The summed E-state index contributed by atoms with van der Waals surface area (Å²) in [4.78, 5) is 3.70. The molecule has 2 aromatic carbocycles. The number of sulfonamides is 1. The molecule has 10 heteroatoms. The van der Waals surface area contributed by atoms with E-state index in [1.165, 1.54) is 12.4 Å². The molecule has 30 heavy (non-hydrogen) atoms. The second-order valence-corrected chi connectivity index (χ2v) is 8.56. The summed E-state index contributed by atoms with van der Waals surface area (Å²) in [6.45, 7) is 0.505. The maximum absolute atomic E-state index is 13.1. The number of nitrogens with one attached hydrogen (secondary N) is 2. The molecule has 0 spiro atoms. The number of para-hydroxylation sites is 1. The SMILES string of the molecule is N#Cc1c(C2=CC=CNC2)ccc(S(=O)(=O)Nc2ncns2)c1Oc1ccccc1. The number of aromatic nitrogens is 2. The molecule has 0 radical (unpaired) electrons. The Balaban J connectivity index is 1.88. The number of hydrogen-bond donors (Lipinski definition) is 2. The van der Waals surface area contributed by atoms with E-state index in [1.54, 1.807) is 36.5 Å². The number of benzene rings is 2. The highest BCUT2D eigenvalue weighted by molar-refractivity contribution is 7.93. The van der Waals surface area contributed by atoms with E-state index in [9.17, 15) is 13.7 Å². The Hall–Kier alpha value is -3.68. The fourth-order valence-corrected chi connectivity index (χ4v) is 4.69. The van der Waals surface area contributed by atoms with Gasteiger partial charge in [0.1, 0.15) is 28.6 Å². The van der Waals surface area contributed by atoms with Crippen molar-refractivity contribution in [2.24, 2.45) is 0 Å². The van der Waals surface area contributed by atoms with Gasteiger partial charge in [-0.25, -0.2) is 13.4 Å². The molecular formula is C20H15N5O3S2. The third-order valence-electron chi connectivity index (χ3n) is 4.22. The molecule has 8 nitrogen and oxygen atoms in total. The standard InChI is InChI=1S/C20H15N5O3S2/c21-11-17-16(14-5-4-10-22-12-14)8-9-18(19(17)28-15-6-2-1-3-7-15)30(26,27)25-20-23-13-24-29-20/h1-10,13,22H,12H2,(H,23,24,25). The lowest BCUT2D eigenvalue weighted by molar-refractivity contribution is 0.466. The van der Waals surface area contributed by atoms with E-state index in [1.807, 2.05) is 18.2 Å². The molecule has 150 valence electrons. The first-order chi connectivity index (χ1) is 14.6. The molecule has 3 aromatic rings. The first-order valence-corrected chi connectivity index (χ1v) is 11.0. The molecule has 0 atom stereocenters. The molecule has 0 amide bonds. The van der Waals surface area contributed by atoms with Crippen LogP contribution in [-0.4, -0.2) is 24.3 Å². The minimum atomic E-state index is -4.08. The molecule has 0 saturated carbocycles. The van der Waals surface area contributed by atoms with Crippen molar-refractivity contribution < 1.29 is 13.2 Å². The Kier molecular flexibility index (Phi) is 5.47. The molecule has 0 bridgehead atoms. The van der Waals surface area contributed by atoms with Gasteiger partial charge >= 0.3 is 0 Å². The minimum absolute atomic E-state index is 0.0475. The molecule has 2 N–H and O–H groups in total. The Labute approximate surface area is 177 Å². The number of rotatable bonds is 6. The van der Waals surface area contributed by atoms with Crippen molar-refractivity contribution in [2.75, 3.05) is 11.3 Å². The number of hydrogen-bond acceptors (Lipinski definition) is 8. The highest BCUT2D eigenvalue weighted by Crippen LogP contribution is 2.37. The molecule has 2 heterocycles. The topological polar surface area (TPSA) is 117 Å². The van der Waals surface area contributed by atoms with Crippen LogP contribution in [0.1, 0.15) is 11.1 Å². The zero-order chi connectivity index (χ0) is 21.0. The number of allylic oxidation sites excluding steroid dienone is 2. The van der Waals surface area contributed by atoms with Gasteiger partial charge in [0.25, 0.3) is 10.0 Å². The normalized spacial score (nSPS) is 13.1. The minimum Gasteiger partial charge on any atom is -0.455 e. The van der Waals surface area contributed by atoms with Crippen LogP contribution in [0.5, 0.6) is 11.5 Å². The summed E-state index contributed by atoms with van der Waals surface area (Å²) >= 11 is 0.908. The van der Waals surface area contributed by atoms with Gasteiger partial charge < -0.3 is 10.1 Å². The Bertz CT molecular complexity index is 1260. The highest BCUT2D eigenvalue weighted by Gasteiger charge is 2.27. The molecule has 4 rings (SSSR count). The summed E-state index contributed by atoms with van der Waals surface area (Å²) in [7, 11) is -4.08. The molecule has 1 aromatic heterocycles. The molecular weight excluding hydrogens is 422 g/mol. The van der Waals surface area contributed by atoms with Crippen molar-refractivity contribution in [3.63, 3.8) is 0 Å². The molecule has 0 saturated heterocycles. The van der Waals surface area contributed by atoms with Gasteiger partial charge in [-0.15, -0.1) is 0 Å². The van der Waals surface area contributed by atoms with Crippen molar-refractivity contribution in [3.8, 4) is 17.6 Å². The molecule has 0 fully saturated rings. The number of nitrogens with zero attached hydrogens (tertiary/aromatic N) is 3. The van der Waals surface area contributed by atoms with Gasteiger partial charge in [-0.1, -0.05) is 30.3 Å². The number of nitriles is 1. The van der Waals surface area contributed by atoms with Gasteiger partial charge in [-0.05, 0) is 36.0 Å². The summed E-state index contributed by atoms with van der Waals surface area (Å²) in [6, 6.07) is 13.9. The lowest BCUT2D eigenvalue weighted by Gasteiger charge is -2.18. The number of ether oxygens (including phenoxy) is 1. The van der Waals surface area contributed by atoms with Crippen molar-refractivity contribution in [3.05, 3.63) is 78.3 Å². The number of anilines is 1. The van der Waals surface area contributed by atoms with Gasteiger partial charge in [0, 0.05) is 23.6 Å². The van der Waals surface area contributed by atoms with E-state index in [2.05, 4.69) is 25.5 Å². The fraction of sp³-hybridized carbons (Fsp3) is 0.0500. The molecule has 1 aliphatic rings. The van der Waals surface area contributed by atoms with E-state index in [0.717, 1.165) is 17.1 Å². The predicted octanol–water partition coefficient (Wildman–Crippen LogP) is 3.50. The van der Waals surface area contributed by atoms with Crippen LogP contribution in [-0.2, 0) is 10.0 Å². The molecule has 0 unspecified atom stereocenters. The smallest absolute Gasteiger partial charge is 0.267 e. The van der Waals surface area contributed by atoms with Crippen LogP contribution in [0, 0.1) is 11.3 Å². The fourth-order valence-electron chi connectivity index (χ4n) is 2.89. The Morgan fingerprint density at radius 1 is 1.20 bits per heavy atom. The highest BCUT2D eigenvalue weighted by atomic mass is 32.2. The van der Waals surface area contributed by atoms with Crippen molar-refractivity contribution in [1.29, 1.82) is 5.26 Å². The van der Waals surface area contributed by atoms with E-state index < -0.39 is 10.0 Å². The first-order valence-electron chi connectivity index (χ1n) is 8.77. The average molecular weight is 438 g/mol. The van der Waals surface area contributed by atoms with E-state index in [-0.39, 0.29) is 21.3 Å². The van der Waals surface area contributed by atoms with Crippen LogP contribution in [0.3, 0.4) is 0 Å². The Morgan fingerprint density at radius 3 is 2.70 bits per heavy atom. The maximum atomic E-state index is 13.1. The zero-order valence-corrected chi connectivity index (χ0v) is 17.1. The summed E-state index contributed by atoms with van der Waals surface area (Å²) in [6.07, 6.45) is 6.73. The van der Waals surface area contributed by atoms with Gasteiger partial charge in [0.05, 0.1) is 0 Å². The molecule has 1 aliphatic heterocycles. The Morgan fingerprint density at radius 2 is 2.03 bits per heavy atom. The lowest BCUT2D eigenvalue weighted by Crippen LogP contribution is -2.16. The third kappa shape index (κ3) is 4.03. The van der Waals surface area contributed by atoms with Crippen molar-refractivity contribution >= 4 is 32.3 Å². The van der Waals surface area contributed by atoms with Crippen LogP contribution in [0.15, 0.2) is 72.0 Å². The number of dihydropyridines is 1. The predicted molar refractivity (Wildman–Crippen MR) is 114 cm³/mol. The van der Waals surface area contributed by atoms with E-state index in [4.69, 9.17) is 4.74 Å². The quantitative estimate of drug-likeness (QED) is 0.606. The zero-order valence-electron chi connectivity index (χ0n) is 15.4. The first kappa shape index (κ1) is 19.6. The van der Waals surface area contributed by atoms with Crippen LogP contribution >= 0.6 is 11.5 Å². The largest absolute Gasteiger partial charge is 0.455 e. The summed E-state index contributed by atoms with van der Waals surface area (Å²) in [5.74, 6) is 0.364. The summed E-state index contributed by atoms with van der Waals surface area (Å²) < 4.78 is 38.2. The van der Waals surface area contributed by atoms with E-state index in [0.29, 0.717) is 17.9 Å². The average Bonchev–Trinajstić information content (AvgIpc) is 3.27. The monoisotopic (exact) mass is 437 g/mol. The van der Waals surface area contributed by atoms with Gasteiger partial charge in [0.15, 0.2) is 5.75 Å². The van der Waals surface area contributed by atoms with Crippen LogP contribution in [0.25, 0.3) is 5.57 Å². The van der Waals surface area contributed by atoms with Crippen LogP contribution in [0.4, 0.5) is 5.13 Å². The van der Waals surface area contributed by atoms with Crippen LogP contribution < -0.4 is 14.8 Å².